The van der Waals surface area contributed by atoms with Crippen LogP contribution in [0.3, 0.4) is 0 Å². The highest BCUT2D eigenvalue weighted by atomic mass is 32.2. The van der Waals surface area contributed by atoms with E-state index < -0.39 is 0 Å². The van der Waals surface area contributed by atoms with Crippen LogP contribution in [-0.2, 0) is 20.6 Å². The third kappa shape index (κ3) is 3.08. The molecule has 0 N–H and O–H groups in total. The molecule has 6 heteroatoms. The average Bonchev–Trinajstić information content (AvgIpc) is 2.69. The number of para-hydroxylation sites is 1. The quantitative estimate of drug-likeness (QED) is 0.844. The molecule has 0 amide bonds. The highest BCUT2D eigenvalue weighted by Crippen LogP contribution is 2.37. The molecule has 0 saturated carbocycles. The average molecular weight is 331 g/mol. The van der Waals surface area contributed by atoms with Gasteiger partial charge in [0.25, 0.3) is 5.56 Å². The van der Waals surface area contributed by atoms with Gasteiger partial charge in [-0.1, -0.05) is 19.1 Å². The predicted octanol–water partition coefficient (Wildman–Crippen LogP) is 1.97. The first-order valence-corrected chi connectivity index (χ1v) is 8.62. The zero-order valence-corrected chi connectivity index (χ0v) is 14.5. The number of benzene rings is 1. The Morgan fingerprint density at radius 2 is 1.91 bits per heavy atom. The van der Waals surface area contributed by atoms with Crippen LogP contribution < -0.4 is 16.1 Å². The molecule has 1 atom stereocenters. The van der Waals surface area contributed by atoms with E-state index in [4.69, 9.17) is 0 Å². The molecule has 0 spiro atoms. The van der Waals surface area contributed by atoms with Gasteiger partial charge in [0, 0.05) is 42.5 Å². The van der Waals surface area contributed by atoms with E-state index in [1.54, 1.807) is 17.7 Å². The predicted molar refractivity (Wildman–Crippen MR) is 94.4 cm³/mol. The lowest BCUT2D eigenvalue weighted by Crippen LogP contribution is -2.39. The second kappa shape index (κ2) is 6.28. The number of thioether (sulfide) groups is 1. The number of hydrogen-bond acceptors (Lipinski definition) is 4. The molecule has 1 aliphatic heterocycles. The molecule has 0 radical (unpaired) electrons. The van der Waals surface area contributed by atoms with E-state index >= 15 is 0 Å². The first kappa shape index (κ1) is 15.9. The monoisotopic (exact) mass is 331 g/mol. The van der Waals surface area contributed by atoms with Gasteiger partial charge in [-0.2, -0.15) is 0 Å². The lowest BCUT2D eigenvalue weighted by molar-refractivity contribution is 0.627. The Bertz CT molecular complexity index is 840. The van der Waals surface area contributed by atoms with Crippen LogP contribution in [0.4, 0.5) is 5.69 Å². The number of anilines is 1. The van der Waals surface area contributed by atoms with Gasteiger partial charge in [0.2, 0.25) is 0 Å². The smallest absolute Gasteiger partial charge is 0.330 e. The molecule has 0 fully saturated rings. The minimum absolute atomic E-state index is 0.256. The number of hydrogen-bond donors (Lipinski definition) is 0. The molecule has 1 aromatic heterocycles. The van der Waals surface area contributed by atoms with Gasteiger partial charge in [0.05, 0.1) is 12.2 Å². The summed E-state index contributed by atoms with van der Waals surface area (Å²) in [5.74, 6) is 0. The Balaban J connectivity index is 2.01. The van der Waals surface area contributed by atoms with Crippen LogP contribution in [0.2, 0.25) is 0 Å². The highest BCUT2D eigenvalue weighted by Gasteiger charge is 2.20. The third-order valence-electron chi connectivity index (χ3n) is 4.32. The molecule has 2 aromatic rings. The molecule has 0 bridgehead atoms. The fourth-order valence-corrected chi connectivity index (χ4v) is 3.97. The van der Waals surface area contributed by atoms with Gasteiger partial charge in [0.1, 0.15) is 0 Å². The van der Waals surface area contributed by atoms with Crippen molar-refractivity contribution in [2.45, 2.75) is 30.0 Å². The van der Waals surface area contributed by atoms with Crippen molar-refractivity contribution in [1.29, 1.82) is 0 Å². The van der Waals surface area contributed by atoms with Gasteiger partial charge in [-0.3, -0.25) is 13.9 Å². The van der Waals surface area contributed by atoms with Gasteiger partial charge < -0.3 is 4.90 Å². The normalized spacial score (nSPS) is 17.7. The zero-order valence-electron chi connectivity index (χ0n) is 13.7. The SMILES string of the molecule is CC1CCN(Cc2cc(=O)n(C)c(=O)n2C)c2ccccc2S1. The molecule has 122 valence electrons. The summed E-state index contributed by atoms with van der Waals surface area (Å²) in [7, 11) is 3.23. The topological polar surface area (TPSA) is 47.2 Å². The maximum atomic E-state index is 12.1. The van der Waals surface area contributed by atoms with Crippen molar-refractivity contribution in [3.63, 3.8) is 0 Å². The Morgan fingerprint density at radius 3 is 2.70 bits per heavy atom. The van der Waals surface area contributed by atoms with E-state index in [1.807, 2.05) is 17.8 Å². The van der Waals surface area contributed by atoms with Crippen LogP contribution >= 0.6 is 11.8 Å². The van der Waals surface area contributed by atoms with Crippen molar-refractivity contribution >= 4 is 17.4 Å². The Kier molecular flexibility index (Phi) is 4.35. The molecule has 1 aromatic carbocycles. The van der Waals surface area contributed by atoms with E-state index in [0.717, 1.165) is 23.2 Å². The molecule has 0 aliphatic carbocycles. The van der Waals surface area contributed by atoms with Crippen molar-refractivity contribution in [2.75, 3.05) is 11.4 Å². The van der Waals surface area contributed by atoms with Crippen molar-refractivity contribution in [2.24, 2.45) is 14.1 Å². The summed E-state index contributed by atoms with van der Waals surface area (Å²) in [5, 5.41) is 0.550. The number of aromatic nitrogens is 2. The molecule has 0 saturated heterocycles. The number of fused-ring (bicyclic) bond motifs is 1. The Morgan fingerprint density at radius 1 is 1.17 bits per heavy atom. The van der Waals surface area contributed by atoms with Crippen LogP contribution in [0.25, 0.3) is 0 Å². The van der Waals surface area contributed by atoms with Crippen molar-refractivity contribution in [3.05, 3.63) is 56.9 Å². The Labute approximate surface area is 139 Å². The standard InChI is InChI=1S/C17H21N3O2S/c1-12-8-9-20(14-6-4-5-7-15(14)23-12)11-13-10-16(21)19(3)17(22)18(13)2/h4-7,10,12H,8-9,11H2,1-3H3. The molecule has 23 heavy (non-hydrogen) atoms. The van der Waals surface area contributed by atoms with E-state index in [9.17, 15) is 9.59 Å². The summed E-state index contributed by atoms with van der Waals surface area (Å²) >= 11 is 1.88. The van der Waals surface area contributed by atoms with Crippen LogP contribution in [0, 0.1) is 0 Å². The zero-order chi connectivity index (χ0) is 16.6. The van der Waals surface area contributed by atoms with Gasteiger partial charge in [0.15, 0.2) is 0 Å². The fraction of sp³-hybridized carbons (Fsp3) is 0.412. The van der Waals surface area contributed by atoms with Gasteiger partial charge in [-0.25, -0.2) is 4.79 Å². The maximum absolute atomic E-state index is 12.1. The largest absolute Gasteiger partial charge is 0.365 e. The summed E-state index contributed by atoms with van der Waals surface area (Å²) in [6, 6.07) is 9.89. The molecule has 3 rings (SSSR count). The first-order chi connectivity index (χ1) is 11.0. The van der Waals surface area contributed by atoms with Crippen LogP contribution in [-0.4, -0.2) is 20.9 Å². The van der Waals surface area contributed by atoms with Crippen molar-refractivity contribution < 1.29 is 0 Å². The first-order valence-electron chi connectivity index (χ1n) is 7.74. The number of rotatable bonds is 2. The summed E-state index contributed by atoms with van der Waals surface area (Å²) in [4.78, 5) is 27.6. The minimum Gasteiger partial charge on any atom is -0.365 e. The molecular weight excluding hydrogens is 310 g/mol. The Hall–Kier alpha value is -1.95. The van der Waals surface area contributed by atoms with Gasteiger partial charge in [-0.05, 0) is 18.6 Å². The van der Waals surface area contributed by atoms with E-state index in [2.05, 4.69) is 30.0 Å². The summed E-state index contributed by atoms with van der Waals surface area (Å²) in [6.45, 7) is 3.71. The summed E-state index contributed by atoms with van der Waals surface area (Å²) in [5.41, 5.74) is 1.38. The van der Waals surface area contributed by atoms with Crippen molar-refractivity contribution in [1.82, 2.24) is 9.13 Å². The minimum atomic E-state index is -0.279. The summed E-state index contributed by atoms with van der Waals surface area (Å²) in [6.07, 6.45) is 1.07. The van der Waals surface area contributed by atoms with E-state index in [1.165, 1.54) is 17.6 Å². The maximum Gasteiger partial charge on any atom is 0.330 e. The van der Waals surface area contributed by atoms with E-state index in [-0.39, 0.29) is 11.2 Å². The molecular formula is C17H21N3O2S. The van der Waals surface area contributed by atoms with Gasteiger partial charge in [-0.15, -0.1) is 11.8 Å². The second-order valence-electron chi connectivity index (χ2n) is 5.98. The third-order valence-corrected chi connectivity index (χ3v) is 5.56. The second-order valence-corrected chi connectivity index (χ2v) is 7.46. The summed E-state index contributed by atoms with van der Waals surface area (Å²) < 4.78 is 2.70. The van der Waals surface area contributed by atoms with Crippen LogP contribution in [0.5, 0.6) is 0 Å². The van der Waals surface area contributed by atoms with E-state index in [0.29, 0.717) is 11.8 Å². The molecule has 1 unspecified atom stereocenters. The fourth-order valence-electron chi connectivity index (χ4n) is 2.84. The van der Waals surface area contributed by atoms with Crippen LogP contribution in [0.1, 0.15) is 19.0 Å². The molecule has 5 nitrogen and oxygen atoms in total. The number of nitrogens with zero attached hydrogens (tertiary/aromatic N) is 3. The molecule has 2 heterocycles. The van der Waals surface area contributed by atoms with Crippen LogP contribution in [0.15, 0.2) is 44.8 Å². The lowest BCUT2D eigenvalue weighted by Gasteiger charge is -2.25. The van der Waals surface area contributed by atoms with Gasteiger partial charge >= 0.3 is 5.69 Å². The van der Waals surface area contributed by atoms with Crippen molar-refractivity contribution in [3.8, 4) is 0 Å². The molecule has 1 aliphatic rings. The lowest BCUT2D eigenvalue weighted by atomic mass is 10.2. The highest BCUT2D eigenvalue weighted by molar-refractivity contribution is 8.00.